The Labute approximate surface area is 248 Å². The van der Waals surface area contributed by atoms with Crippen LogP contribution in [0.5, 0.6) is 5.75 Å². The summed E-state index contributed by atoms with van der Waals surface area (Å²) in [6.45, 7) is 5.25. The molecule has 2 heterocycles. The number of aryl methyl sites for hydroxylation is 1. The zero-order valence-electron chi connectivity index (χ0n) is 24.2. The smallest absolute Gasteiger partial charge is 0.335 e. The second-order valence-corrected chi connectivity index (χ2v) is 11.3. The quantitative estimate of drug-likeness (QED) is 0.112. The summed E-state index contributed by atoms with van der Waals surface area (Å²) in [6.07, 6.45) is -4.76. The molecular weight excluding hydrogens is 568 g/mol. The summed E-state index contributed by atoms with van der Waals surface area (Å²) in [5.41, 5.74) is 0.451. The number of amides is 3. The van der Waals surface area contributed by atoms with Gasteiger partial charge < -0.3 is 40.0 Å². The molecule has 1 aromatic carbocycles. The topological polar surface area (TPSA) is 209 Å². The van der Waals surface area contributed by atoms with E-state index in [9.17, 15) is 44.4 Å². The number of carboxylic acid groups (broad SMARTS) is 1. The van der Waals surface area contributed by atoms with E-state index in [-0.39, 0.29) is 31.2 Å². The molecule has 1 saturated heterocycles. The lowest BCUT2D eigenvalue weighted by Crippen LogP contribution is -2.61. The Hall–Kier alpha value is -3.85. The minimum Gasteiger partial charge on any atom is -0.479 e. The van der Waals surface area contributed by atoms with Crippen molar-refractivity contribution < 1.29 is 58.6 Å². The van der Waals surface area contributed by atoms with Crippen molar-refractivity contribution >= 4 is 29.7 Å². The molecule has 3 amide bonds. The minimum absolute atomic E-state index is 0.000125. The maximum atomic E-state index is 12.4. The number of carbonyl (C=O) groups excluding carboxylic acids is 4. The fourth-order valence-corrected chi connectivity index (χ4v) is 4.29. The maximum absolute atomic E-state index is 12.4. The van der Waals surface area contributed by atoms with Crippen LogP contribution in [0.2, 0.25) is 0 Å². The first-order valence-electron chi connectivity index (χ1n) is 13.9. The van der Waals surface area contributed by atoms with E-state index in [0.717, 1.165) is 22.6 Å². The van der Waals surface area contributed by atoms with E-state index in [1.807, 2.05) is 0 Å². The molecule has 1 fully saturated rings. The Morgan fingerprint density at radius 2 is 1.67 bits per heavy atom. The van der Waals surface area contributed by atoms with Gasteiger partial charge in [0.05, 0.1) is 5.41 Å². The van der Waals surface area contributed by atoms with Crippen LogP contribution in [0.3, 0.4) is 0 Å². The molecule has 0 bridgehead atoms. The number of esters is 1. The first-order chi connectivity index (χ1) is 20.2. The van der Waals surface area contributed by atoms with Gasteiger partial charge in [-0.25, -0.2) is 4.79 Å². The molecule has 5 atom stereocenters. The molecule has 2 aliphatic rings. The van der Waals surface area contributed by atoms with Crippen molar-refractivity contribution in [3.63, 3.8) is 0 Å². The van der Waals surface area contributed by atoms with Gasteiger partial charge >= 0.3 is 11.9 Å². The lowest BCUT2D eigenvalue weighted by molar-refractivity contribution is -0.271. The molecule has 43 heavy (non-hydrogen) atoms. The number of rotatable bonds is 13. The number of carboxylic acids is 1. The Kier molecular flexibility index (Phi) is 11.4. The highest BCUT2D eigenvalue weighted by Crippen LogP contribution is 2.29. The van der Waals surface area contributed by atoms with Gasteiger partial charge in [0.1, 0.15) is 30.7 Å². The minimum atomic E-state index is -1.87. The summed E-state index contributed by atoms with van der Waals surface area (Å²) in [5.74, 6) is -3.08. The highest BCUT2D eigenvalue weighted by molar-refractivity contribution is 6.13. The van der Waals surface area contributed by atoms with Crippen LogP contribution in [0.1, 0.15) is 51.2 Å². The fourth-order valence-electron chi connectivity index (χ4n) is 4.29. The molecule has 5 N–H and O–H groups in total. The van der Waals surface area contributed by atoms with Gasteiger partial charge in [-0.2, -0.15) is 0 Å². The molecule has 3 rings (SSSR count). The Bertz CT molecular complexity index is 1220. The summed E-state index contributed by atoms with van der Waals surface area (Å²) in [7, 11) is 0. The van der Waals surface area contributed by atoms with Crippen molar-refractivity contribution in [3.05, 3.63) is 41.5 Å². The van der Waals surface area contributed by atoms with Crippen molar-refractivity contribution in [3.8, 4) is 5.75 Å². The lowest BCUT2D eigenvalue weighted by Gasteiger charge is -2.38. The number of hydrogen-bond donors (Lipinski definition) is 5. The third-order valence-corrected chi connectivity index (χ3v) is 6.83. The van der Waals surface area contributed by atoms with Gasteiger partial charge in [-0.15, -0.1) is 0 Å². The number of benzene rings is 1. The summed E-state index contributed by atoms with van der Waals surface area (Å²) < 4.78 is 16.4. The van der Waals surface area contributed by atoms with E-state index in [0.29, 0.717) is 31.4 Å². The maximum Gasteiger partial charge on any atom is 0.335 e. The Balaban J connectivity index is 1.59. The highest BCUT2D eigenvalue weighted by atomic mass is 16.7. The van der Waals surface area contributed by atoms with Crippen LogP contribution in [-0.2, 0) is 46.5 Å². The summed E-state index contributed by atoms with van der Waals surface area (Å²) in [4.78, 5) is 60.1. The van der Waals surface area contributed by atoms with Crippen LogP contribution in [0.25, 0.3) is 0 Å². The molecule has 0 spiro atoms. The van der Waals surface area contributed by atoms with Crippen molar-refractivity contribution in [2.45, 2.75) is 83.8 Å². The van der Waals surface area contributed by atoms with E-state index < -0.39 is 59.9 Å². The number of unbranched alkanes of at least 4 members (excludes halogenated alkanes) is 1. The van der Waals surface area contributed by atoms with Gasteiger partial charge in [0.15, 0.2) is 6.10 Å². The van der Waals surface area contributed by atoms with Crippen molar-refractivity contribution in [1.29, 1.82) is 0 Å². The van der Waals surface area contributed by atoms with Crippen molar-refractivity contribution in [2.75, 3.05) is 13.1 Å². The summed E-state index contributed by atoms with van der Waals surface area (Å²) >= 11 is 0. The van der Waals surface area contributed by atoms with Crippen LogP contribution >= 0.6 is 0 Å². The standard InChI is InChI=1S/C29H38N2O12/c1-29(2,3)28(40)41-15-17-14-16(6-4-5-12-30-19(32)11-13-31-20(33)9-10-21(31)34)7-8-18(17)42-27-24(37)22(35)23(36)25(43-27)26(38)39/h7-10,14,22-25,27,35-37H,4-6,11-13,15H2,1-3H3,(H,30,32)(H,38,39)/t22-,23-,24+,25-,27?/m0/s1. The number of nitrogens with one attached hydrogen (secondary N) is 1. The molecule has 0 aromatic heterocycles. The number of carbonyl (C=O) groups is 5. The number of hydrogen-bond acceptors (Lipinski definition) is 11. The van der Waals surface area contributed by atoms with Crippen LogP contribution in [0.4, 0.5) is 0 Å². The number of aliphatic hydroxyl groups is 3. The van der Waals surface area contributed by atoms with Gasteiger partial charge in [-0.1, -0.05) is 6.07 Å². The predicted molar refractivity (Wildman–Crippen MR) is 147 cm³/mol. The first-order valence-corrected chi connectivity index (χ1v) is 13.9. The zero-order valence-corrected chi connectivity index (χ0v) is 24.2. The van der Waals surface area contributed by atoms with Gasteiger partial charge in [-0.05, 0) is 57.7 Å². The average Bonchev–Trinajstić information content (AvgIpc) is 3.27. The molecule has 1 aromatic rings. The SMILES string of the molecule is CC(C)(C)C(=O)OCc1cc(CCCCNC(=O)CCN2C(=O)C=CC2=O)ccc1OC1O[C@H](C(=O)O)[C@@H](O)[C@H](O)[C@H]1O. The third kappa shape index (κ3) is 9.07. The first kappa shape index (κ1) is 33.6. The molecular formula is C29H38N2O12. The molecule has 1 unspecified atom stereocenters. The number of aliphatic hydroxyl groups excluding tert-OH is 3. The summed E-state index contributed by atoms with van der Waals surface area (Å²) in [5, 5.41) is 42.5. The second kappa shape index (κ2) is 14.6. The Morgan fingerprint density at radius 1 is 1.00 bits per heavy atom. The predicted octanol–water partition coefficient (Wildman–Crippen LogP) is -0.199. The third-order valence-electron chi connectivity index (χ3n) is 6.83. The van der Waals surface area contributed by atoms with Crippen LogP contribution in [0.15, 0.2) is 30.4 Å². The van der Waals surface area contributed by atoms with Crippen molar-refractivity contribution in [1.82, 2.24) is 10.2 Å². The summed E-state index contributed by atoms with van der Waals surface area (Å²) in [6, 6.07) is 4.98. The van der Waals surface area contributed by atoms with E-state index >= 15 is 0 Å². The van der Waals surface area contributed by atoms with Crippen molar-refractivity contribution in [2.24, 2.45) is 5.41 Å². The lowest BCUT2D eigenvalue weighted by atomic mass is 9.97. The van der Waals surface area contributed by atoms with E-state index in [2.05, 4.69) is 5.32 Å². The van der Waals surface area contributed by atoms with Crippen LogP contribution in [-0.4, -0.2) is 98.8 Å². The van der Waals surface area contributed by atoms with E-state index in [1.165, 1.54) is 6.07 Å². The average molecular weight is 607 g/mol. The molecule has 14 nitrogen and oxygen atoms in total. The zero-order chi connectivity index (χ0) is 31.9. The van der Waals surface area contributed by atoms with Gasteiger partial charge in [-0.3, -0.25) is 24.1 Å². The van der Waals surface area contributed by atoms with E-state index in [1.54, 1.807) is 32.9 Å². The number of imide groups is 1. The Morgan fingerprint density at radius 3 is 2.30 bits per heavy atom. The van der Waals surface area contributed by atoms with Gasteiger partial charge in [0.25, 0.3) is 11.8 Å². The van der Waals surface area contributed by atoms with Gasteiger partial charge in [0, 0.05) is 37.2 Å². The number of nitrogens with zero attached hydrogens (tertiary/aromatic N) is 1. The largest absolute Gasteiger partial charge is 0.479 e. The molecule has 0 radical (unpaired) electrons. The van der Waals surface area contributed by atoms with E-state index in [4.69, 9.17) is 14.2 Å². The van der Waals surface area contributed by atoms with Gasteiger partial charge in [0.2, 0.25) is 12.2 Å². The van der Waals surface area contributed by atoms with Crippen LogP contribution in [0, 0.1) is 5.41 Å². The molecule has 14 heteroatoms. The normalized spacial score (nSPS) is 23.8. The highest BCUT2D eigenvalue weighted by Gasteiger charge is 2.48. The molecule has 2 aliphatic heterocycles. The molecule has 236 valence electrons. The fraction of sp³-hybridized carbons (Fsp3) is 0.552. The number of aliphatic carboxylic acids is 1. The molecule has 0 aliphatic carbocycles. The monoisotopic (exact) mass is 606 g/mol. The second-order valence-electron chi connectivity index (χ2n) is 11.3. The molecule has 0 saturated carbocycles. The number of ether oxygens (including phenoxy) is 3. The van der Waals surface area contributed by atoms with Crippen LogP contribution < -0.4 is 10.1 Å².